The first kappa shape index (κ1) is 29.1. The minimum Gasteiger partial charge on any atom is -0.475 e. The number of carbonyl (C=O) groups excluding carboxylic acids is 1. The number of nitriles is 1. The molecule has 2 aliphatic heterocycles. The minimum absolute atomic E-state index is 0.0290. The van der Waals surface area contributed by atoms with Crippen LogP contribution in [0.15, 0.2) is 37.1 Å². The van der Waals surface area contributed by atoms with Crippen molar-refractivity contribution >= 4 is 22.5 Å². The Morgan fingerprint density at radius 1 is 1.29 bits per heavy atom. The highest BCUT2D eigenvalue weighted by molar-refractivity contribution is 5.98. The predicted molar refractivity (Wildman–Crippen MR) is 165 cm³/mol. The van der Waals surface area contributed by atoms with E-state index in [2.05, 4.69) is 33.5 Å². The van der Waals surface area contributed by atoms with Gasteiger partial charge in [-0.1, -0.05) is 24.8 Å². The molecule has 5 atom stereocenters. The van der Waals surface area contributed by atoms with Gasteiger partial charge in [-0.05, 0) is 55.3 Å². The molecule has 11 heteroatoms. The number of likely N-dealkylation sites (N-methyl/N-ethyl adjacent to an activating group) is 1. The molecular formula is C34H33F2N7O2. The lowest BCUT2D eigenvalue weighted by Crippen LogP contribution is -2.56. The predicted octanol–water partition coefficient (Wildman–Crippen LogP) is 4.51. The van der Waals surface area contributed by atoms with E-state index < -0.39 is 18.0 Å². The number of halogens is 2. The maximum Gasteiger partial charge on any atom is 0.246 e. The maximum atomic E-state index is 16.7. The van der Waals surface area contributed by atoms with Crippen LogP contribution in [-0.4, -0.2) is 90.3 Å². The summed E-state index contributed by atoms with van der Waals surface area (Å²) in [6.07, 6.45) is 4.22. The second-order valence-electron chi connectivity index (χ2n) is 12.5. The molecule has 7 rings (SSSR count). The van der Waals surface area contributed by atoms with Gasteiger partial charge in [-0.2, -0.15) is 5.26 Å². The zero-order valence-electron chi connectivity index (χ0n) is 25.0. The number of alkyl halides is 1. The van der Waals surface area contributed by atoms with Crippen LogP contribution < -0.4 is 9.64 Å². The standard InChI is InChI=1S/C34H33F2N7O2/c1-4-28(44)43-9-8-42(17-23(43)14-38-2)33-26(13-37)34(45-18-22-12-21(35)16-41(22)3)40-32-27(33)15-39-31(30(32)36)24-7-5-6-19-10-20-11-25(20)29(19)24/h4-7,15,20-23,25H,1,8-12,14,16-18H2,3H3/t20?,21-,22+,23+,25?/m1/s1. The maximum absolute atomic E-state index is 16.7. The number of amides is 1. The first-order chi connectivity index (χ1) is 21.8. The molecule has 2 aromatic heterocycles. The number of carbonyl (C=O) groups is 1. The Kier molecular flexibility index (Phi) is 7.37. The first-order valence-electron chi connectivity index (χ1n) is 15.4. The van der Waals surface area contributed by atoms with Gasteiger partial charge < -0.3 is 19.4 Å². The molecule has 2 unspecified atom stereocenters. The average Bonchev–Trinajstić information content (AvgIpc) is 3.58. The van der Waals surface area contributed by atoms with E-state index in [4.69, 9.17) is 11.3 Å². The van der Waals surface area contributed by atoms with Gasteiger partial charge in [0.05, 0.1) is 5.69 Å². The van der Waals surface area contributed by atoms with Crippen LogP contribution in [0.3, 0.4) is 0 Å². The van der Waals surface area contributed by atoms with Crippen LogP contribution >= 0.6 is 0 Å². The molecule has 0 spiro atoms. The van der Waals surface area contributed by atoms with Crippen molar-refractivity contribution in [1.82, 2.24) is 19.8 Å². The number of hydrogen-bond acceptors (Lipinski definition) is 7. The molecule has 2 saturated heterocycles. The van der Waals surface area contributed by atoms with Gasteiger partial charge in [0.1, 0.15) is 41.7 Å². The SMILES string of the molecule is [C-]#[N+]C[C@H]1CN(c2c(C#N)c(OC[C@@H]3C[C@@H](F)CN3C)nc3c(F)c(-c4cccc5c4C4CC4C5)ncc23)CCN1C(=O)C=C. The summed E-state index contributed by atoms with van der Waals surface area (Å²) >= 11 is 0. The minimum atomic E-state index is -0.974. The normalized spacial score (nSPS) is 25.4. The summed E-state index contributed by atoms with van der Waals surface area (Å²) in [6.45, 7) is 12.4. The number of pyridine rings is 2. The van der Waals surface area contributed by atoms with E-state index in [1.807, 2.05) is 29.0 Å². The lowest BCUT2D eigenvalue weighted by Gasteiger charge is -2.40. The van der Waals surface area contributed by atoms with Crippen LogP contribution in [0, 0.1) is 29.6 Å². The Morgan fingerprint density at radius 3 is 2.87 bits per heavy atom. The zero-order chi connectivity index (χ0) is 31.4. The number of benzene rings is 1. The van der Waals surface area contributed by atoms with Gasteiger partial charge in [0.15, 0.2) is 5.82 Å². The molecule has 0 bridgehead atoms. The third kappa shape index (κ3) is 4.96. The van der Waals surface area contributed by atoms with Gasteiger partial charge in [0.25, 0.3) is 0 Å². The third-order valence-electron chi connectivity index (χ3n) is 9.86. The zero-order valence-corrected chi connectivity index (χ0v) is 25.0. The number of hydrogen-bond donors (Lipinski definition) is 0. The molecule has 1 amide bonds. The number of nitrogens with zero attached hydrogens (tertiary/aromatic N) is 7. The monoisotopic (exact) mass is 609 g/mol. The van der Waals surface area contributed by atoms with Crippen LogP contribution in [-0.2, 0) is 11.2 Å². The van der Waals surface area contributed by atoms with Gasteiger partial charge in [-0.3, -0.25) is 14.7 Å². The second kappa shape index (κ2) is 11.4. The Morgan fingerprint density at radius 2 is 2.13 bits per heavy atom. The second-order valence-corrected chi connectivity index (χ2v) is 12.5. The fourth-order valence-electron chi connectivity index (χ4n) is 7.53. The Bertz CT molecular complexity index is 1800. The van der Waals surface area contributed by atoms with Gasteiger partial charge >= 0.3 is 0 Å². The van der Waals surface area contributed by atoms with Crippen LogP contribution in [0.4, 0.5) is 14.5 Å². The third-order valence-corrected chi connectivity index (χ3v) is 9.86. The molecule has 4 aliphatic rings. The summed E-state index contributed by atoms with van der Waals surface area (Å²) < 4.78 is 37.0. The van der Waals surface area contributed by atoms with Gasteiger partial charge in [-0.15, -0.1) is 0 Å². The van der Waals surface area contributed by atoms with Crippen molar-refractivity contribution in [3.8, 4) is 23.2 Å². The van der Waals surface area contributed by atoms with E-state index in [1.165, 1.54) is 11.6 Å². The topological polar surface area (TPSA) is 90.0 Å². The molecule has 3 aromatic rings. The van der Waals surface area contributed by atoms with Crippen molar-refractivity contribution in [3.05, 3.63) is 71.0 Å². The molecule has 3 fully saturated rings. The number of rotatable bonds is 7. The smallest absolute Gasteiger partial charge is 0.246 e. The first-order valence-corrected chi connectivity index (χ1v) is 15.4. The van der Waals surface area contributed by atoms with Crippen LogP contribution in [0.25, 0.3) is 27.0 Å². The molecule has 1 aromatic carbocycles. The largest absolute Gasteiger partial charge is 0.475 e. The molecule has 230 valence electrons. The number of likely N-dealkylation sites (tertiary alicyclic amines) is 1. The Hall–Kier alpha value is -4.61. The Balaban J connectivity index is 1.35. The van der Waals surface area contributed by atoms with Crippen molar-refractivity contribution < 1.29 is 18.3 Å². The molecule has 4 heterocycles. The van der Waals surface area contributed by atoms with Crippen LogP contribution in [0.2, 0.25) is 0 Å². The van der Waals surface area contributed by atoms with Gasteiger partial charge in [0, 0.05) is 49.4 Å². The van der Waals surface area contributed by atoms with Gasteiger partial charge in [0.2, 0.25) is 18.3 Å². The molecule has 9 nitrogen and oxygen atoms in total. The highest BCUT2D eigenvalue weighted by atomic mass is 19.1. The van der Waals surface area contributed by atoms with Gasteiger partial charge in [-0.25, -0.2) is 20.3 Å². The van der Waals surface area contributed by atoms with E-state index in [0.29, 0.717) is 42.4 Å². The molecule has 1 saturated carbocycles. The molecule has 0 radical (unpaired) electrons. The van der Waals surface area contributed by atoms with E-state index >= 15 is 4.39 Å². The van der Waals surface area contributed by atoms with Crippen LogP contribution in [0.1, 0.15) is 35.4 Å². The van der Waals surface area contributed by atoms with Crippen molar-refractivity contribution in [2.45, 2.75) is 43.4 Å². The summed E-state index contributed by atoms with van der Waals surface area (Å²) in [7, 11) is 1.82. The van der Waals surface area contributed by atoms with E-state index in [-0.39, 0.29) is 60.8 Å². The fraction of sp³-hybridized carbons (Fsp3) is 0.441. The van der Waals surface area contributed by atoms with E-state index in [0.717, 1.165) is 24.0 Å². The van der Waals surface area contributed by atoms with E-state index in [1.54, 1.807) is 11.1 Å². The number of anilines is 1. The van der Waals surface area contributed by atoms with Crippen molar-refractivity contribution in [1.29, 1.82) is 5.26 Å². The van der Waals surface area contributed by atoms with Crippen molar-refractivity contribution in [3.63, 3.8) is 0 Å². The molecular weight excluding hydrogens is 576 g/mol. The number of fused-ring (bicyclic) bond motifs is 4. The lowest BCUT2D eigenvalue weighted by atomic mass is 9.96. The number of piperazine rings is 1. The molecule has 0 N–H and O–H groups in total. The molecule has 2 aliphatic carbocycles. The van der Waals surface area contributed by atoms with Crippen molar-refractivity contribution in [2.75, 3.05) is 51.3 Å². The number of aromatic nitrogens is 2. The highest BCUT2D eigenvalue weighted by Crippen LogP contribution is 2.58. The highest BCUT2D eigenvalue weighted by Gasteiger charge is 2.46. The summed E-state index contributed by atoms with van der Waals surface area (Å²) in [5.74, 6) is 0.137. The Labute approximate surface area is 260 Å². The quantitative estimate of drug-likeness (QED) is 0.288. The molecule has 45 heavy (non-hydrogen) atoms. The summed E-state index contributed by atoms with van der Waals surface area (Å²) in [4.78, 5) is 30.7. The lowest BCUT2D eigenvalue weighted by molar-refractivity contribution is -0.128. The summed E-state index contributed by atoms with van der Waals surface area (Å²) in [5.41, 5.74) is 3.92. The van der Waals surface area contributed by atoms with Crippen molar-refractivity contribution in [2.24, 2.45) is 5.92 Å². The summed E-state index contributed by atoms with van der Waals surface area (Å²) in [5, 5.41) is 10.8. The number of ether oxygens (including phenoxy) is 1. The van der Waals surface area contributed by atoms with E-state index in [9.17, 15) is 14.4 Å². The average molecular weight is 610 g/mol. The fourth-order valence-corrected chi connectivity index (χ4v) is 7.53. The van der Waals surface area contributed by atoms with Crippen LogP contribution in [0.5, 0.6) is 5.88 Å². The summed E-state index contributed by atoms with van der Waals surface area (Å²) in [6, 6.07) is 7.49.